The zero-order valence-electron chi connectivity index (χ0n) is 10.9. The van der Waals surface area contributed by atoms with Crippen molar-refractivity contribution in [1.29, 1.82) is 0 Å². The number of H-pyrrole nitrogens is 1. The molecule has 21 heavy (non-hydrogen) atoms. The molecule has 106 valence electrons. The number of nitrogens with zero attached hydrogens (tertiary/aromatic N) is 3. The van der Waals surface area contributed by atoms with E-state index in [0.717, 1.165) is 15.4 Å². The van der Waals surface area contributed by atoms with Gasteiger partial charge in [-0.25, -0.2) is 10.1 Å². The Kier molecular flexibility index (Phi) is 3.68. The van der Waals surface area contributed by atoms with Crippen LogP contribution < -0.4 is 5.32 Å². The van der Waals surface area contributed by atoms with Gasteiger partial charge in [-0.2, -0.15) is 10.1 Å². The molecule has 3 rings (SSSR count). The molecule has 0 aliphatic heterocycles. The molecule has 0 fully saturated rings. The number of nitrogens with one attached hydrogen (secondary N) is 2. The van der Waals surface area contributed by atoms with Crippen LogP contribution in [0.1, 0.15) is 15.5 Å². The predicted molar refractivity (Wildman–Crippen MR) is 81.6 cm³/mol. The van der Waals surface area contributed by atoms with E-state index in [2.05, 4.69) is 25.5 Å². The van der Waals surface area contributed by atoms with E-state index in [-0.39, 0.29) is 11.9 Å². The Hall–Kier alpha value is -2.25. The van der Waals surface area contributed by atoms with E-state index in [0.29, 0.717) is 10.7 Å². The first-order valence-corrected chi connectivity index (χ1v) is 7.23. The number of thiazole rings is 1. The third kappa shape index (κ3) is 2.79. The summed E-state index contributed by atoms with van der Waals surface area (Å²) >= 11 is 7.63. The fraction of sp³-hybridized carbons (Fsp3) is 0.0769. The second-order valence-electron chi connectivity index (χ2n) is 4.18. The number of anilines is 1. The summed E-state index contributed by atoms with van der Waals surface area (Å²) in [5.41, 5.74) is 1.11. The van der Waals surface area contributed by atoms with Crippen LogP contribution in [0.4, 0.5) is 5.95 Å². The van der Waals surface area contributed by atoms with Gasteiger partial charge < -0.3 is 0 Å². The number of benzene rings is 1. The van der Waals surface area contributed by atoms with Gasteiger partial charge in [0.05, 0.1) is 9.88 Å². The highest BCUT2D eigenvalue weighted by Gasteiger charge is 2.20. The molecule has 0 aliphatic rings. The number of carbonyl (C=O) groups excluding carboxylic acids is 1. The van der Waals surface area contributed by atoms with Crippen molar-refractivity contribution in [2.75, 3.05) is 5.32 Å². The smallest absolute Gasteiger partial charge is 0.278 e. The normalized spacial score (nSPS) is 10.6. The molecule has 0 spiro atoms. The lowest BCUT2D eigenvalue weighted by atomic mass is 10.1. The Morgan fingerprint density at radius 2 is 2.19 bits per heavy atom. The number of aryl methyl sites for hydroxylation is 1. The van der Waals surface area contributed by atoms with Crippen LogP contribution in [0.15, 0.2) is 30.6 Å². The average molecular weight is 320 g/mol. The summed E-state index contributed by atoms with van der Waals surface area (Å²) < 4.78 is 0. The van der Waals surface area contributed by atoms with Crippen molar-refractivity contribution in [1.82, 2.24) is 20.2 Å². The highest BCUT2D eigenvalue weighted by molar-refractivity contribution is 7.15. The molecular formula is C13H10ClN5OS. The Balaban J connectivity index is 2.00. The molecule has 1 aromatic carbocycles. The summed E-state index contributed by atoms with van der Waals surface area (Å²) in [7, 11) is 0. The van der Waals surface area contributed by atoms with E-state index in [1.54, 1.807) is 6.07 Å². The molecule has 2 heterocycles. The Labute approximate surface area is 129 Å². The van der Waals surface area contributed by atoms with E-state index >= 15 is 0 Å². The van der Waals surface area contributed by atoms with Crippen LogP contribution >= 0.6 is 22.9 Å². The highest BCUT2D eigenvalue weighted by Crippen LogP contribution is 2.35. The lowest BCUT2D eigenvalue weighted by Crippen LogP contribution is -2.14. The molecule has 0 saturated heterocycles. The van der Waals surface area contributed by atoms with Crippen LogP contribution in [0, 0.1) is 6.92 Å². The Morgan fingerprint density at radius 3 is 2.90 bits per heavy atom. The fourth-order valence-corrected chi connectivity index (χ4v) is 3.08. The third-order valence-corrected chi connectivity index (χ3v) is 4.05. The minimum Gasteiger partial charge on any atom is -0.289 e. The largest absolute Gasteiger partial charge is 0.289 e. The topological polar surface area (TPSA) is 83.6 Å². The van der Waals surface area contributed by atoms with Gasteiger partial charge in [0.1, 0.15) is 12.0 Å². The Bertz CT molecular complexity index is 784. The van der Waals surface area contributed by atoms with Crippen molar-refractivity contribution < 1.29 is 4.79 Å². The molecule has 8 heteroatoms. The van der Waals surface area contributed by atoms with Crippen LogP contribution in [0.25, 0.3) is 10.4 Å². The van der Waals surface area contributed by atoms with E-state index in [1.807, 2.05) is 25.1 Å². The number of halogens is 1. The van der Waals surface area contributed by atoms with E-state index < -0.39 is 0 Å². The van der Waals surface area contributed by atoms with E-state index in [1.165, 1.54) is 17.7 Å². The number of hydrogen-bond donors (Lipinski definition) is 2. The van der Waals surface area contributed by atoms with Crippen LogP contribution in [0.5, 0.6) is 0 Å². The minimum absolute atomic E-state index is 0.274. The van der Waals surface area contributed by atoms with Crippen LogP contribution in [-0.4, -0.2) is 26.1 Å². The second kappa shape index (κ2) is 5.63. The van der Waals surface area contributed by atoms with Gasteiger partial charge in [-0.1, -0.05) is 29.8 Å². The molecule has 0 saturated carbocycles. The zero-order chi connectivity index (χ0) is 14.8. The first-order chi connectivity index (χ1) is 10.1. The number of amides is 1. The summed E-state index contributed by atoms with van der Waals surface area (Å²) in [5.74, 6) is -0.0817. The predicted octanol–water partition coefficient (Wildman–Crippen LogP) is 3.14. The number of hydrogen-bond acceptors (Lipinski definition) is 5. The maximum Gasteiger partial charge on any atom is 0.278 e. The lowest BCUT2D eigenvalue weighted by Gasteiger charge is -2.04. The van der Waals surface area contributed by atoms with Crippen molar-refractivity contribution in [2.45, 2.75) is 6.92 Å². The second-order valence-corrected chi connectivity index (χ2v) is 5.79. The fourth-order valence-electron chi connectivity index (χ4n) is 1.84. The standard InChI is InChI=1S/C13H10ClN5OS/c1-7-17-10(12(20)18-13-15-6-16-19-13)11(21-7)8-4-2-3-5-9(8)14/h2-6H,1H3,(H2,15,16,18,19,20). The maximum absolute atomic E-state index is 12.3. The quantitative estimate of drug-likeness (QED) is 0.776. The summed E-state index contributed by atoms with van der Waals surface area (Å²) in [6.45, 7) is 1.84. The molecule has 0 unspecified atom stereocenters. The van der Waals surface area contributed by atoms with Gasteiger partial charge in [0.2, 0.25) is 5.95 Å². The molecule has 1 amide bonds. The summed E-state index contributed by atoms with van der Waals surface area (Å²) in [6.07, 6.45) is 1.32. The SMILES string of the molecule is Cc1nc(C(=O)Nc2ncn[nH]2)c(-c2ccccc2Cl)s1. The van der Waals surface area contributed by atoms with Crippen molar-refractivity contribution >= 4 is 34.8 Å². The molecule has 0 aliphatic carbocycles. The highest BCUT2D eigenvalue weighted by atomic mass is 35.5. The number of aromatic nitrogens is 4. The van der Waals surface area contributed by atoms with Crippen molar-refractivity contribution in [3.05, 3.63) is 46.3 Å². The number of carbonyl (C=O) groups is 1. The van der Waals surface area contributed by atoms with Gasteiger partial charge in [0.15, 0.2) is 0 Å². The van der Waals surface area contributed by atoms with E-state index in [9.17, 15) is 4.79 Å². The molecule has 6 nitrogen and oxygen atoms in total. The van der Waals surface area contributed by atoms with Crippen LogP contribution in [0.2, 0.25) is 5.02 Å². The summed E-state index contributed by atoms with van der Waals surface area (Å²) in [4.78, 5) is 21.2. The number of rotatable bonds is 3. The number of aromatic amines is 1. The average Bonchev–Trinajstić information content (AvgIpc) is 3.09. The van der Waals surface area contributed by atoms with Crippen molar-refractivity contribution in [2.24, 2.45) is 0 Å². The third-order valence-electron chi connectivity index (χ3n) is 2.71. The lowest BCUT2D eigenvalue weighted by molar-refractivity contribution is 0.102. The van der Waals surface area contributed by atoms with Gasteiger partial charge >= 0.3 is 0 Å². The minimum atomic E-state index is -0.356. The molecule has 0 radical (unpaired) electrons. The van der Waals surface area contributed by atoms with Gasteiger partial charge in [-0.05, 0) is 13.0 Å². The molecule has 3 aromatic rings. The molecule has 0 atom stereocenters. The monoisotopic (exact) mass is 319 g/mol. The first kappa shape index (κ1) is 13.7. The van der Waals surface area contributed by atoms with Crippen LogP contribution in [-0.2, 0) is 0 Å². The zero-order valence-corrected chi connectivity index (χ0v) is 12.5. The van der Waals surface area contributed by atoms with E-state index in [4.69, 9.17) is 11.6 Å². The molecular weight excluding hydrogens is 310 g/mol. The van der Waals surface area contributed by atoms with Gasteiger partial charge in [-0.3, -0.25) is 10.1 Å². The van der Waals surface area contributed by atoms with Crippen LogP contribution in [0.3, 0.4) is 0 Å². The summed E-state index contributed by atoms with van der Waals surface area (Å²) in [5, 5.41) is 10.2. The van der Waals surface area contributed by atoms with Gasteiger partial charge in [0.25, 0.3) is 5.91 Å². The molecule has 2 aromatic heterocycles. The van der Waals surface area contributed by atoms with Crippen molar-refractivity contribution in [3.8, 4) is 10.4 Å². The maximum atomic E-state index is 12.3. The summed E-state index contributed by atoms with van der Waals surface area (Å²) in [6, 6.07) is 7.35. The Morgan fingerprint density at radius 1 is 1.38 bits per heavy atom. The van der Waals surface area contributed by atoms with Crippen molar-refractivity contribution in [3.63, 3.8) is 0 Å². The van der Waals surface area contributed by atoms with Gasteiger partial charge in [-0.15, -0.1) is 11.3 Å². The molecule has 0 bridgehead atoms. The van der Waals surface area contributed by atoms with Gasteiger partial charge in [0, 0.05) is 10.6 Å². The molecule has 2 N–H and O–H groups in total. The first-order valence-electron chi connectivity index (χ1n) is 6.04.